The van der Waals surface area contributed by atoms with Crippen LogP contribution in [0.25, 0.3) is 6.08 Å². The number of hydrogen-bond donors (Lipinski definition) is 0. The summed E-state index contributed by atoms with van der Waals surface area (Å²) < 4.78 is 1.08. The van der Waals surface area contributed by atoms with Crippen molar-refractivity contribution >= 4 is 46.2 Å². The van der Waals surface area contributed by atoms with Gasteiger partial charge in [-0.05, 0) is 52.4 Å². The molecule has 2 aromatic carbocycles. The zero-order valence-corrected chi connectivity index (χ0v) is 18.4. The van der Waals surface area contributed by atoms with Gasteiger partial charge in [-0.15, -0.1) is 0 Å². The van der Waals surface area contributed by atoms with E-state index in [1.165, 1.54) is 10.5 Å². The average molecular weight is 501 g/mol. The van der Waals surface area contributed by atoms with E-state index in [2.05, 4.69) is 56.7 Å². The van der Waals surface area contributed by atoms with Gasteiger partial charge in [0.2, 0.25) is 5.91 Å². The fourth-order valence-electron chi connectivity index (χ4n) is 3.92. The molecule has 2 saturated heterocycles. The number of nitrogens with zero attached hydrogens (tertiary/aromatic N) is 3. The number of piperazine rings is 1. The van der Waals surface area contributed by atoms with Crippen LogP contribution in [0.4, 0.5) is 5.69 Å². The molecule has 1 atom stereocenters. The summed E-state index contributed by atoms with van der Waals surface area (Å²) in [4.78, 5) is 31.4. The molecule has 2 fully saturated rings. The second-order valence-corrected chi connectivity index (χ2v) is 8.66. The number of carbonyl (C=O) groups excluding carboxylic acids is 2. The van der Waals surface area contributed by atoms with E-state index < -0.39 is 0 Å². The molecule has 150 valence electrons. The molecule has 0 aliphatic carbocycles. The molecule has 29 heavy (non-hydrogen) atoms. The molecule has 0 radical (unpaired) electrons. The number of benzene rings is 2. The Balaban J connectivity index is 1.31. The summed E-state index contributed by atoms with van der Waals surface area (Å²) in [5, 5.41) is 0. The van der Waals surface area contributed by atoms with Gasteiger partial charge in [-0.1, -0.05) is 42.5 Å². The van der Waals surface area contributed by atoms with Crippen molar-refractivity contribution in [1.29, 1.82) is 0 Å². The van der Waals surface area contributed by atoms with Crippen LogP contribution in [0.5, 0.6) is 0 Å². The van der Waals surface area contributed by atoms with Crippen LogP contribution in [-0.2, 0) is 9.59 Å². The Morgan fingerprint density at radius 2 is 1.62 bits per heavy atom. The van der Waals surface area contributed by atoms with E-state index in [1.54, 1.807) is 0 Å². The number of hydrogen-bond acceptors (Lipinski definition) is 4. The summed E-state index contributed by atoms with van der Waals surface area (Å²) in [6, 6.07) is 17.5. The van der Waals surface area contributed by atoms with E-state index in [-0.39, 0.29) is 24.3 Å². The van der Waals surface area contributed by atoms with Crippen molar-refractivity contribution in [2.75, 3.05) is 37.6 Å². The smallest absolute Gasteiger partial charge is 0.251 e. The largest absolute Gasteiger partial charge is 0.297 e. The summed E-state index contributed by atoms with van der Waals surface area (Å²) in [5.74, 6) is -0.192. The highest BCUT2D eigenvalue weighted by atomic mass is 127. The van der Waals surface area contributed by atoms with Crippen LogP contribution in [0, 0.1) is 3.57 Å². The van der Waals surface area contributed by atoms with Crippen molar-refractivity contribution in [3.8, 4) is 0 Å². The monoisotopic (exact) mass is 501 g/mol. The van der Waals surface area contributed by atoms with Crippen LogP contribution in [0.15, 0.2) is 60.7 Å². The Labute approximate surface area is 185 Å². The number of halogens is 1. The molecule has 2 amide bonds. The first-order chi connectivity index (χ1) is 14.1. The van der Waals surface area contributed by atoms with E-state index in [1.807, 2.05) is 42.5 Å². The van der Waals surface area contributed by atoms with Gasteiger partial charge in [0.05, 0.1) is 18.2 Å². The second-order valence-electron chi connectivity index (χ2n) is 7.41. The van der Waals surface area contributed by atoms with Crippen molar-refractivity contribution < 1.29 is 9.59 Å². The number of carbonyl (C=O) groups is 2. The Hall–Kier alpha value is -2.03. The van der Waals surface area contributed by atoms with Crippen molar-refractivity contribution in [2.45, 2.75) is 12.5 Å². The van der Waals surface area contributed by atoms with Crippen molar-refractivity contribution in [3.05, 3.63) is 69.8 Å². The van der Waals surface area contributed by atoms with E-state index >= 15 is 0 Å². The summed E-state index contributed by atoms with van der Waals surface area (Å²) in [5.41, 5.74) is 1.88. The second kappa shape index (κ2) is 9.19. The third kappa shape index (κ3) is 4.76. The lowest BCUT2D eigenvalue weighted by Crippen LogP contribution is -2.52. The summed E-state index contributed by atoms with van der Waals surface area (Å²) >= 11 is 2.22. The van der Waals surface area contributed by atoms with E-state index in [0.717, 1.165) is 36.3 Å². The van der Waals surface area contributed by atoms with Gasteiger partial charge in [0.25, 0.3) is 5.91 Å². The Morgan fingerprint density at radius 3 is 2.31 bits per heavy atom. The normalized spacial score (nSPS) is 21.4. The predicted molar refractivity (Wildman–Crippen MR) is 124 cm³/mol. The third-order valence-electron chi connectivity index (χ3n) is 5.53. The maximum Gasteiger partial charge on any atom is 0.251 e. The minimum absolute atomic E-state index is 0.0892. The molecule has 2 heterocycles. The van der Waals surface area contributed by atoms with Crippen molar-refractivity contribution in [1.82, 2.24) is 9.80 Å². The lowest BCUT2D eigenvalue weighted by Gasteiger charge is -2.36. The van der Waals surface area contributed by atoms with Gasteiger partial charge >= 0.3 is 0 Å². The summed E-state index contributed by atoms with van der Waals surface area (Å²) in [7, 11) is 0. The quantitative estimate of drug-likeness (QED) is 0.466. The van der Waals surface area contributed by atoms with Crippen molar-refractivity contribution in [2.24, 2.45) is 0 Å². The average Bonchev–Trinajstić information content (AvgIpc) is 3.04. The highest BCUT2D eigenvalue weighted by Crippen LogP contribution is 2.26. The lowest BCUT2D eigenvalue weighted by molar-refractivity contribution is -0.123. The van der Waals surface area contributed by atoms with Gasteiger partial charge < -0.3 is 0 Å². The Bertz CT molecular complexity index is 890. The maximum atomic E-state index is 12.9. The Morgan fingerprint density at radius 1 is 0.931 bits per heavy atom. The SMILES string of the molecule is O=C1C[C@@H](N2CCN(C/C=C/c3ccccc3)CC2)C(=O)N1c1ccc(I)cc1. The molecule has 4 rings (SSSR count). The van der Waals surface area contributed by atoms with E-state index in [4.69, 9.17) is 0 Å². The molecular weight excluding hydrogens is 477 g/mol. The minimum atomic E-state index is -0.330. The third-order valence-corrected chi connectivity index (χ3v) is 6.25. The zero-order valence-electron chi connectivity index (χ0n) is 16.2. The van der Waals surface area contributed by atoms with Crippen LogP contribution < -0.4 is 4.90 Å². The van der Waals surface area contributed by atoms with E-state index in [0.29, 0.717) is 5.69 Å². The molecule has 2 aliphatic heterocycles. The molecule has 6 heteroatoms. The molecule has 0 unspecified atom stereocenters. The zero-order chi connectivity index (χ0) is 20.2. The topological polar surface area (TPSA) is 43.9 Å². The molecule has 0 bridgehead atoms. The molecule has 5 nitrogen and oxygen atoms in total. The van der Waals surface area contributed by atoms with Crippen molar-refractivity contribution in [3.63, 3.8) is 0 Å². The first-order valence-electron chi connectivity index (χ1n) is 9.92. The molecule has 0 N–H and O–H groups in total. The number of rotatable bonds is 5. The molecule has 2 aromatic rings. The van der Waals surface area contributed by atoms with Crippen LogP contribution in [0.2, 0.25) is 0 Å². The van der Waals surface area contributed by atoms with Crippen LogP contribution in [-0.4, -0.2) is 60.4 Å². The van der Waals surface area contributed by atoms with Gasteiger partial charge in [-0.2, -0.15) is 0 Å². The van der Waals surface area contributed by atoms with Crippen LogP contribution >= 0.6 is 22.6 Å². The maximum absolute atomic E-state index is 12.9. The fourth-order valence-corrected chi connectivity index (χ4v) is 4.28. The van der Waals surface area contributed by atoms with Crippen LogP contribution in [0.3, 0.4) is 0 Å². The molecule has 0 spiro atoms. The van der Waals surface area contributed by atoms with Gasteiger partial charge in [-0.3, -0.25) is 19.4 Å². The minimum Gasteiger partial charge on any atom is -0.297 e. The highest BCUT2D eigenvalue weighted by Gasteiger charge is 2.43. The Kier molecular flexibility index (Phi) is 6.42. The number of amides is 2. The number of imide groups is 1. The highest BCUT2D eigenvalue weighted by molar-refractivity contribution is 14.1. The molecule has 0 saturated carbocycles. The molecular formula is C23H24IN3O2. The first kappa shape index (κ1) is 20.3. The van der Waals surface area contributed by atoms with Crippen LogP contribution in [0.1, 0.15) is 12.0 Å². The summed E-state index contributed by atoms with van der Waals surface area (Å²) in [6.07, 6.45) is 4.61. The fraction of sp³-hybridized carbons (Fsp3) is 0.304. The molecule has 2 aliphatic rings. The molecule has 0 aromatic heterocycles. The van der Waals surface area contributed by atoms with Gasteiger partial charge in [0.15, 0.2) is 0 Å². The lowest BCUT2D eigenvalue weighted by atomic mass is 10.1. The number of anilines is 1. The standard InChI is InChI=1S/C23H24IN3O2/c24-19-8-10-20(11-9-19)27-22(28)17-21(23(27)29)26-15-13-25(14-16-26)12-4-7-18-5-2-1-3-6-18/h1-11,21H,12-17H2/b7-4+/t21-/m1/s1. The first-order valence-corrected chi connectivity index (χ1v) is 11.0. The van der Waals surface area contributed by atoms with Gasteiger partial charge in [0.1, 0.15) is 0 Å². The van der Waals surface area contributed by atoms with Gasteiger partial charge in [0, 0.05) is 36.3 Å². The van der Waals surface area contributed by atoms with Gasteiger partial charge in [-0.25, -0.2) is 4.90 Å². The summed E-state index contributed by atoms with van der Waals surface area (Å²) in [6.45, 7) is 4.32. The predicted octanol–water partition coefficient (Wildman–Crippen LogP) is 3.25. The van der Waals surface area contributed by atoms with E-state index in [9.17, 15) is 9.59 Å².